The van der Waals surface area contributed by atoms with E-state index < -0.39 is 16.1 Å². The Bertz CT molecular complexity index is 775. The number of hydrogen-bond acceptors (Lipinski definition) is 5. The molecular weight excluding hydrogens is 368 g/mol. The summed E-state index contributed by atoms with van der Waals surface area (Å²) >= 11 is 7.43. The molecule has 0 fully saturated rings. The van der Waals surface area contributed by atoms with Crippen molar-refractivity contribution in [2.24, 2.45) is 0 Å². The first-order chi connectivity index (χ1) is 11.4. The summed E-state index contributed by atoms with van der Waals surface area (Å²) in [5, 5.41) is 9.66. The second kappa shape index (κ2) is 8.33. The van der Waals surface area contributed by atoms with Gasteiger partial charge in [0.1, 0.15) is 0 Å². The predicted octanol–water partition coefficient (Wildman–Crippen LogP) is 3.49. The maximum atomic E-state index is 12.5. The van der Waals surface area contributed by atoms with E-state index >= 15 is 0 Å². The molecule has 2 rings (SSSR count). The van der Waals surface area contributed by atoms with E-state index in [0.29, 0.717) is 17.4 Å². The van der Waals surface area contributed by atoms with Crippen LogP contribution in [0.25, 0.3) is 0 Å². The number of thioether (sulfide) groups is 1. The van der Waals surface area contributed by atoms with Crippen LogP contribution in [0.15, 0.2) is 34.3 Å². The zero-order valence-electron chi connectivity index (χ0n) is 13.9. The first-order valence-electron chi connectivity index (χ1n) is 7.72. The fourth-order valence-electron chi connectivity index (χ4n) is 2.18. The number of hydrogen-bond donors (Lipinski definition) is 1. The Hall–Kier alpha value is -1.09. The van der Waals surface area contributed by atoms with Gasteiger partial charge in [0.25, 0.3) is 0 Å². The Morgan fingerprint density at radius 3 is 2.50 bits per heavy atom. The number of benzene rings is 1. The van der Waals surface area contributed by atoms with Crippen LogP contribution >= 0.6 is 23.4 Å². The Labute approximate surface area is 152 Å². The zero-order valence-corrected chi connectivity index (χ0v) is 16.2. The Morgan fingerprint density at radius 2 is 1.92 bits per heavy atom. The van der Waals surface area contributed by atoms with Crippen LogP contribution in [0.1, 0.15) is 39.1 Å². The minimum absolute atomic E-state index is 0.168. The molecule has 2 aromatic rings. The Morgan fingerprint density at radius 1 is 1.25 bits per heavy atom. The standard InChI is InChI=1S/C15H21ClN4O2S2/c1-4-10-23-15-18-17-14(20(15)5-2)11(3)19-24(21,22)13-8-6-12(16)7-9-13/h6-9,11,19H,4-5,10H2,1-3H3/t11-/m1/s1. The van der Waals surface area contributed by atoms with Crippen molar-refractivity contribution < 1.29 is 8.42 Å². The van der Waals surface area contributed by atoms with Crippen LogP contribution in [0.5, 0.6) is 0 Å². The lowest BCUT2D eigenvalue weighted by atomic mass is 10.3. The maximum Gasteiger partial charge on any atom is 0.241 e. The third-order valence-electron chi connectivity index (χ3n) is 3.34. The van der Waals surface area contributed by atoms with Crippen molar-refractivity contribution in [3.8, 4) is 0 Å². The predicted molar refractivity (Wildman–Crippen MR) is 96.9 cm³/mol. The van der Waals surface area contributed by atoms with Gasteiger partial charge in [-0.25, -0.2) is 13.1 Å². The molecule has 1 atom stereocenters. The third kappa shape index (κ3) is 4.50. The van der Waals surface area contributed by atoms with E-state index in [0.717, 1.165) is 17.3 Å². The molecule has 0 saturated carbocycles. The molecular formula is C15H21ClN4O2S2. The van der Waals surface area contributed by atoms with Crippen LogP contribution in [-0.4, -0.2) is 28.9 Å². The topological polar surface area (TPSA) is 76.9 Å². The van der Waals surface area contributed by atoms with Crippen LogP contribution in [0.3, 0.4) is 0 Å². The molecule has 0 amide bonds. The van der Waals surface area contributed by atoms with Gasteiger partial charge in [-0.1, -0.05) is 30.3 Å². The summed E-state index contributed by atoms with van der Waals surface area (Å²) in [7, 11) is -3.65. The quantitative estimate of drug-likeness (QED) is 0.700. The number of aromatic nitrogens is 3. The summed E-state index contributed by atoms with van der Waals surface area (Å²) in [4.78, 5) is 0.168. The van der Waals surface area contributed by atoms with Crippen LogP contribution in [-0.2, 0) is 16.6 Å². The molecule has 0 spiro atoms. The molecule has 132 valence electrons. The molecule has 0 aliphatic carbocycles. The van der Waals surface area contributed by atoms with Crippen molar-refractivity contribution in [3.05, 3.63) is 35.1 Å². The van der Waals surface area contributed by atoms with Crippen LogP contribution in [0.4, 0.5) is 0 Å². The number of halogens is 1. The number of rotatable bonds is 8. The minimum Gasteiger partial charge on any atom is -0.305 e. The van der Waals surface area contributed by atoms with Gasteiger partial charge >= 0.3 is 0 Å². The smallest absolute Gasteiger partial charge is 0.241 e. The molecule has 9 heteroatoms. The number of nitrogens with zero attached hydrogens (tertiary/aromatic N) is 3. The minimum atomic E-state index is -3.65. The highest BCUT2D eigenvalue weighted by molar-refractivity contribution is 7.99. The molecule has 1 heterocycles. The number of sulfonamides is 1. The molecule has 0 radical (unpaired) electrons. The van der Waals surface area contributed by atoms with Gasteiger partial charge in [-0.3, -0.25) is 0 Å². The second-order valence-corrected chi connectivity index (χ2v) is 8.44. The van der Waals surface area contributed by atoms with E-state index in [1.54, 1.807) is 30.8 Å². The van der Waals surface area contributed by atoms with Crippen LogP contribution in [0, 0.1) is 0 Å². The van der Waals surface area contributed by atoms with Crippen molar-refractivity contribution in [1.82, 2.24) is 19.5 Å². The highest BCUT2D eigenvalue weighted by Crippen LogP contribution is 2.22. The van der Waals surface area contributed by atoms with Gasteiger partial charge in [-0.15, -0.1) is 10.2 Å². The monoisotopic (exact) mass is 388 g/mol. The summed E-state index contributed by atoms with van der Waals surface area (Å²) in [6.07, 6.45) is 1.04. The number of nitrogens with one attached hydrogen (secondary N) is 1. The summed E-state index contributed by atoms with van der Waals surface area (Å²) in [5.41, 5.74) is 0. The van der Waals surface area contributed by atoms with Gasteiger partial charge in [0, 0.05) is 17.3 Å². The van der Waals surface area contributed by atoms with Crippen molar-refractivity contribution in [3.63, 3.8) is 0 Å². The molecule has 24 heavy (non-hydrogen) atoms. The SMILES string of the molecule is CCCSc1nnc([C@@H](C)NS(=O)(=O)c2ccc(Cl)cc2)n1CC. The van der Waals surface area contributed by atoms with E-state index in [4.69, 9.17) is 11.6 Å². The molecule has 0 aliphatic heterocycles. The molecule has 1 aromatic heterocycles. The summed E-state index contributed by atoms with van der Waals surface area (Å²) in [6, 6.07) is 5.56. The fourth-order valence-corrected chi connectivity index (χ4v) is 4.38. The molecule has 0 aliphatic rings. The highest BCUT2D eigenvalue weighted by atomic mass is 35.5. The van der Waals surface area contributed by atoms with E-state index in [1.165, 1.54) is 12.1 Å². The molecule has 0 unspecified atom stereocenters. The van der Waals surface area contributed by atoms with Gasteiger partial charge in [-0.05, 0) is 44.5 Å². The lowest BCUT2D eigenvalue weighted by Gasteiger charge is -2.15. The fraction of sp³-hybridized carbons (Fsp3) is 0.467. The van der Waals surface area contributed by atoms with Gasteiger partial charge in [0.15, 0.2) is 11.0 Å². The zero-order chi connectivity index (χ0) is 17.7. The lowest BCUT2D eigenvalue weighted by molar-refractivity contribution is 0.539. The molecule has 6 nitrogen and oxygen atoms in total. The Kier molecular flexibility index (Phi) is 6.68. The van der Waals surface area contributed by atoms with E-state index in [2.05, 4.69) is 21.8 Å². The largest absolute Gasteiger partial charge is 0.305 e. The molecule has 0 saturated heterocycles. The van der Waals surface area contributed by atoms with Crippen molar-refractivity contribution in [1.29, 1.82) is 0 Å². The first-order valence-corrected chi connectivity index (χ1v) is 10.6. The summed E-state index contributed by atoms with van der Waals surface area (Å²) in [5.74, 6) is 1.55. The second-order valence-electron chi connectivity index (χ2n) is 5.23. The lowest BCUT2D eigenvalue weighted by Crippen LogP contribution is -2.29. The highest BCUT2D eigenvalue weighted by Gasteiger charge is 2.23. The maximum absolute atomic E-state index is 12.5. The summed E-state index contributed by atoms with van der Waals surface area (Å²) in [6.45, 7) is 6.53. The molecule has 1 N–H and O–H groups in total. The first kappa shape index (κ1) is 19.2. The van der Waals surface area contributed by atoms with Gasteiger partial charge in [0.05, 0.1) is 10.9 Å². The average Bonchev–Trinajstić information content (AvgIpc) is 2.95. The van der Waals surface area contributed by atoms with Gasteiger partial charge in [0.2, 0.25) is 10.0 Å². The van der Waals surface area contributed by atoms with Crippen molar-refractivity contribution in [2.75, 3.05) is 5.75 Å². The molecule has 1 aromatic carbocycles. The van der Waals surface area contributed by atoms with Crippen molar-refractivity contribution >= 4 is 33.4 Å². The Balaban J connectivity index is 2.21. The van der Waals surface area contributed by atoms with Gasteiger partial charge < -0.3 is 4.57 Å². The van der Waals surface area contributed by atoms with Crippen molar-refractivity contribution in [2.45, 2.75) is 49.8 Å². The van der Waals surface area contributed by atoms with Crippen LogP contribution in [0.2, 0.25) is 5.02 Å². The normalized spacial score (nSPS) is 13.2. The van der Waals surface area contributed by atoms with Crippen LogP contribution < -0.4 is 4.72 Å². The summed E-state index contributed by atoms with van der Waals surface area (Å²) < 4.78 is 29.6. The van der Waals surface area contributed by atoms with E-state index in [9.17, 15) is 8.42 Å². The van der Waals surface area contributed by atoms with Gasteiger partial charge in [-0.2, -0.15) is 0 Å². The average molecular weight is 389 g/mol. The molecule has 0 bridgehead atoms. The third-order valence-corrected chi connectivity index (χ3v) is 6.32. The van der Waals surface area contributed by atoms with E-state index in [-0.39, 0.29) is 4.90 Å². The van der Waals surface area contributed by atoms with E-state index in [1.807, 2.05) is 11.5 Å².